The lowest BCUT2D eigenvalue weighted by Crippen LogP contribution is -2.42. The molecule has 0 aliphatic carbocycles. The number of carbonyl (C=O) groups is 1. The molecule has 2 N–H and O–H groups in total. The Balaban J connectivity index is 1.81. The number of carbonyl (C=O) groups excluding carboxylic acids is 1. The zero-order chi connectivity index (χ0) is 13.7. The fourth-order valence-corrected chi connectivity index (χ4v) is 2.60. The van der Waals surface area contributed by atoms with Crippen LogP contribution in [-0.4, -0.2) is 25.0 Å². The molecule has 104 valence electrons. The summed E-state index contributed by atoms with van der Waals surface area (Å²) in [6.07, 6.45) is 2.73. The summed E-state index contributed by atoms with van der Waals surface area (Å²) in [5.74, 6) is 0.372. The van der Waals surface area contributed by atoms with Gasteiger partial charge >= 0.3 is 0 Å². The fraction of sp³-hybridized carbons (Fsp3) is 0.533. The van der Waals surface area contributed by atoms with Gasteiger partial charge < -0.3 is 10.6 Å². The second-order valence-electron chi connectivity index (χ2n) is 5.26. The van der Waals surface area contributed by atoms with Gasteiger partial charge in [-0.05, 0) is 57.0 Å². The van der Waals surface area contributed by atoms with Gasteiger partial charge in [-0.25, -0.2) is 0 Å². The Bertz CT molecular complexity index is 413. The number of halogens is 1. The molecule has 1 aromatic rings. The lowest BCUT2D eigenvalue weighted by molar-refractivity contribution is -0.126. The number of hydrogen-bond donors (Lipinski definition) is 2. The molecule has 1 aromatic carbocycles. The van der Waals surface area contributed by atoms with Gasteiger partial charge in [0, 0.05) is 17.0 Å². The SMILES string of the molecule is CC(Cc1ccc(Cl)cc1)NC(=O)C1CCNCC1. The third-order valence-electron chi connectivity index (χ3n) is 3.55. The van der Waals surface area contributed by atoms with Crippen molar-refractivity contribution in [2.45, 2.75) is 32.2 Å². The normalized spacial score (nSPS) is 18.0. The third kappa shape index (κ3) is 4.51. The summed E-state index contributed by atoms with van der Waals surface area (Å²) in [5, 5.41) is 7.13. The topological polar surface area (TPSA) is 41.1 Å². The van der Waals surface area contributed by atoms with Crippen molar-refractivity contribution < 1.29 is 4.79 Å². The van der Waals surface area contributed by atoms with Gasteiger partial charge in [0.25, 0.3) is 0 Å². The maximum Gasteiger partial charge on any atom is 0.223 e. The van der Waals surface area contributed by atoms with Gasteiger partial charge in [0.15, 0.2) is 0 Å². The molecule has 0 radical (unpaired) electrons. The van der Waals surface area contributed by atoms with Crippen LogP contribution in [0.25, 0.3) is 0 Å². The minimum Gasteiger partial charge on any atom is -0.353 e. The maximum absolute atomic E-state index is 12.1. The van der Waals surface area contributed by atoms with Crippen LogP contribution in [0.5, 0.6) is 0 Å². The van der Waals surface area contributed by atoms with Gasteiger partial charge in [0.2, 0.25) is 5.91 Å². The summed E-state index contributed by atoms with van der Waals surface area (Å²) in [7, 11) is 0. The Labute approximate surface area is 119 Å². The van der Waals surface area contributed by atoms with Gasteiger partial charge in [0.1, 0.15) is 0 Å². The molecule has 1 amide bonds. The zero-order valence-electron chi connectivity index (χ0n) is 11.3. The van der Waals surface area contributed by atoms with E-state index in [1.807, 2.05) is 31.2 Å². The number of nitrogens with one attached hydrogen (secondary N) is 2. The number of rotatable bonds is 4. The number of hydrogen-bond acceptors (Lipinski definition) is 2. The lowest BCUT2D eigenvalue weighted by atomic mass is 9.96. The second kappa shape index (κ2) is 6.92. The molecule has 4 heteroatoms. The third-order valence-corrected chi connectivity index (χ3v) is 3.81. The molecule has 0 saturated carbocycles. The summed E-state index contributed by atoms with van der Waals surface area (Å²) >= 11 is 5.86. The van der Waals surface area contributed by atoms with Crippen LogP contribution in [-0.2, 0) is 11.2 Å². The van der Waals surface area contributed by atoms with E-state index in [0.29, 0.717) is 0 Å². The number of benzene rings is 1. The molecule has 0 bridgehead atoms. The van der Waals surface area contributed by atoms with Crippen LogP contribution in [0, 0.1) is 5.92 Å². The predicted octanol–water partition coefficient (Wildman–Crippen LogP) is 2.39. The van der Waals surface area contributed by atoms with Crippen LogP contribution in [0.4, 0.5) is 0 Å². The minimum absolute atomic E-state index is 0.156. The van der Waals surface area contributed by atoms with Crippen molar-refractivity contribution in [1.29, 1.82) is 0 Å². The van der Waals surface area contributed by atoms with E-state index >= 15 is 0 Å². The van der Waals surface area contributed by atoms with Crippen LogP contribution < -0.4 is 10.6 Å². The smallest absolute Gasteiger partial charge is 0.223 e. The first kappa shape index (κ1) is 14.4. The van der Waals surface area contributed by atoms with E-state index in [1.54, 1.807) is 0 Å². The molecule has 0 spiro atoms. The molecular weight excluding hydrogens is 260 g/mol. The first-order chi connectivity index (χ1) is 9.15. The molecular formula is C15H21ClN2O. The molecule has 3 nitrogen and oxygen atoms in total. The van der Waals surface area contributed by atoms with Crippen molar-refractivity contribution in [3.8, 4) is 0 Å². The largest absolute Gasteiger partial charge is 0.353 e. The fourth-order valence-electron chi connectivity index (χ4n) is 2.47. The van der Waals surface area contributed by atoms with Crippen molar-refractivity contribution in [2.75, 3.05) is 13.1 Å². The van der Waals surface area contributed by atoms with Gasteiger partial charge in [0.05, 0.1) is 0 Å². The summed E-state index contributed by atoms with van der Waals surface area (Å²) in [5.41, 5.74) is 1.20. The van der Waals surface area contributed by atoms with E-state index in [4.69, 9.17) is 11.6 Å². The molecule has 1 unspecified atom stereocenters. The predicted molar refractivity (Wildman–Crippen MR) is 78.4 cm³/mol. The molecule has 1 aliphatic heterocycles. The van der Waals surface area contributed by atoms with Crippen LogP contribution in [0.3, 0.4) is 0 Å². The number of amides is 1. The highest BCUT2D eigenvalue weighted by Gasteiger charge is 2.21. The summed E-state index contributed by atoms with van der Waals surface area (Å²) in [6, 6.07) is 7.95. The number of piperidine rings is 1. The maximum atomic E-state index is 12.1. The van der Waals surface area contributed by atoms with Crippen molar-refractivity contribution in [1.82, 2.24) is 10.6 Å². The summed E-state index contributed by atoms with van der Waals surface area (Å²) in [6.45, 7) is 3.95. The molecule has 1 aliphatic rings. The average Bonchev–Trinajstić information content (AvgIpc) is 2.42. The van der Waals surface area contributed by atoms with Gasteiger partial charge in [-0.2, -0.15) is 0 Å². The van der Waals surface area contributed by atoms with Crippen LogP contribution >= 0.6 is 11.6 Å². The quantitative estimate of drug-likeness (QED) is 0.889. The second-order valence-corrected chi connectivity index (χ2v) is 5.70. The molecule has 1 saturated heterocycles. The Morgan fingerprint density at radius 1 is 1.37 bits per heavy atom. The summed E-state index contributed by atoms with van der Waals surface area (Å²) in [4.78, 5) is 12.1. The Kier molecular flexibility index (Phi) is 5.23. The first-order valence-electron chi connectivity index (χ1n) is 6.90. The molecule has 1 fully saturated rings. The van der Waals surface area contributed by atoms with Gasteiger partial charge in [-0.3, -0.25) is 4.79 Å². The molecule has 1 atom stereocenters. The van der Waals surface area contributed by atoms with Crippen molar-refractivity contribution in [3.63, 3.8) is 0 Å². The molecule has 0 aromatic heterocycles. The Morgan fingerprint density at radius 3 is 2.63 bits per heavy atom. The van der Waals surface area contributed by atoms with Crippen molar-refractivity contribution >= 4 is 17.5 Å². The van der Waals surface area contributed by atoms with Crippen LogP contribution in [0.15, 0.2) is 24.3 Å². The Morgan fingerprint density at radius 2 is 2.00 bits per heavy atom. The standard InChI is InChI=1S/C15H21ClN2O/c1-11(10-12-2-4-14(16)5-3-12)18-15(19)13-6-8-17-9-7-13/h2-5,11,13,17H,6-10H2,1H3,(H,18,19). The average molecular weight is 281 g/mol. The van der Waals surface area contributed by atoms with E-state index in [2.05, 4.69) is 10.6 Å². The Hall–Kier alpha value is -1.06. The molecule has 2 rings (SSSR count). The summed E-state index contributed by atoms with van der Waals surface area (Å²) < 4.78 is 0. The molecule has 19 heavy (non-hydrogen) atoms. The van der Waals surface area contributed by atoms with E-state index in [9.17, 15) is 4.79 Å². The zero-order valence-corrected chi connectivity index (χ0v) is 12.0. The minimum atomic E-state index is 0.156. The van der Waals surface area contributed by atoms with E-state index in [0.717, 1.165) is 37.4 Å². The van der Waals surface area contributed by atoms with E-state index in [-0.39, 0.29) is 17.9 Å². The molecule has 1 heterocycles. The highest BCUT2D eigenvalue weighted by atomic mass is 35.5. The van der Waals surface area contributed by atoms with Crippen molar-refractivity contribution in [2.24, 2.45) is 5.92 Å². The van der Waals surface area contributed by atoms with Crippen LogP contribution in [0.1, 0.15) is 25.3 Å². The highest BCUT2D eigenvalue weighted by molar-refractivity contribution is 6.30. The first-order valence-corrected chi connectivity index (χ1v) is 7.28. The van der Waals surface area contributed by atoms with E-state index in [1.165, 1.54) is 5.56 Å². The lowest BCUT2D eigenvalue weighted by Gasteiger charge is -2.24. The highest BCUT2D eigenvalue weighted by Crippen LogP contribution is 2.13. The van der Waals surface area contributed by atoms with Gasteiger partial charge in [-0.15, -0.1) is 0 Å². The van der Waals surface area contributed by atoms with Gasteiger partial charge in [-0.1, -0.05) is 23.7 Å². The van der Waals surface area contributed by atoms with Crippen molar-refractivity contribution in [3.05, 3.63) is 34.9 Å². The van der Waals surface area contributed by atoms with Crippen LogP contribution in [0.2, 0.25) is 5.02 Å². The van der Waals surface area contributed by atoms with E-state index < -0.39 is 0 Å². The monoisotopic (exact) mass is 280 g/mol.